The summed E-state index contributed by atoms with van der Waals surface area (Å²) in [5.74, 6) is 0.678. The number of nitrogens with zero attached hydrogens (tertiary/aromatic N) is 1. The van der Waals surface area contributed by atoms with E-state index in [4.69, 9.17) is 4.74 Å². The van der Waals surface area contributed by atoms with Crippen LogP contribution in [-0.2, 0) is 0 Å². The van der Waals surface area contributed by atoms with Crippen molar-refractivity contribution in [2.24, 2.45) is 0 Å². The van der Waals surface area contributed by atoms with Gasteiger partial charge in [0.2, 0.25) is 0 Å². The lowest BCUT2D eigenvalue weighted by atomic mass is 10.3. The Morgan fingerprint density at radius 2 is 1.90 bits per heavy atom. The molecule has 21 heavy (non-hydrogen) atoms. The second-order valence-electron chi connectivity index (χ2n) is 4.36. The molecule has 2 aromatic carbocycles. The van der Waals surface area contributed by atoms with Gasteiger partial charge in [0, 0.05) is 15.9 Å². The lowest BCUT2D eigenvalue weighted by Gasteiger charge is -2.07. The minimum Gasteiger partial charge on any atom is -0.508 e. The highest BCUT2D eigenvalue weighted by Crippen LogP contribution is 2.34. The third-order valence-electron chi connectivity index (χ3n) is 2.62. The summed E-state index contributed by atoms with van der Waals surface area (Å²) in [7, 11) is 0. The molecule has 0 aromatic heterocycles. The maximum atomic E-state index is 11.0. The van der Waals surface area contributed by atoms with E-state index in [2.05, 4.69) is 0 Å². The topological polar surface area (TPSA) is 72.6 Å². The van der Waals surface area contributed by atoms with Crippen LogP contribution in [0.3, 0.4) is 0 Å². The molecule has 0 spiro atoms. The Morgan fingerprint density at radius 3 is 2.52 bits per heavy atom. The van der Waals surface area contributed by atoms with Gasteiger partial charge in [0.1, 0.15) is 11.5 Å². The highest BCUT2D eigenvalue weighted by Gasteiger charge is 2.11. The summed E-state index contributed by atoms with van der Waals surface area (Å²) >= 11 is 1.38. The number of aromatic hydroxyl groups is 1. The van der Waals surface area contributed by atoms with Gasteiger partial charge in [-0.3, -0.25) is 10.1 Å². The Balaban J connectivity index is 2.26. The number of nitro groups is 1. The molecule has 0 heterocycles. The minimum absolute atomic E-state index is 0.00452. The van der Waals surface area contributed by atoms with E-state index in [-0.39, 0.29) is 11.4 Å². The fraction of sp³-hybridized carbons (Fsp3) is 0.200. The molecule has 5 nitrogen and oxygen atoms in total. The van der Waals surface area contributed by atoms with Crippen molar-refractivity contribution in [1.29, 1.82) is 0 Å². The van der Waals surface area contributed by atoms with Gasteiger partial charge in [-0.15, -0.1) is 0 Å². The van der Waals surface area contributed by atoms with E-state index in [0.717, 1.165) is 16.2 Å². The van der Waals surface area contributed by atoms with Gasteiger partial charge in [0.25, 0.3) is 5.69 Å². The Labute approximate surface area is 126 Å². The molecule has 0 saturated heterocycles. The molecule has 0 radical (unpaired) electrons. The highest BCUT2D eigenvalue weighted by atomic mass is 32.2. The SMILES string of the molecule is CCCOc1cc(Sc2ccc(O)cc2)cc([N+](=O)[O-])c1. The molecule has 0 aliphatic rings. The molecule has 110 valence electrons. The number of non-ortho nitro benzene ring substituents is 1. The Bertz CT molecular complexity index is 628. The second-order valence-corrected chi connectivity index (χ2v) is 5.51. The molecule has 0 amide bonds. The van der Waals surface area contributed by atoms with Crippen molar-refractivity contribution in [1.82, 2.24) is 0 Å². The van der Waals surface area contributed by atoms with Gasteiger partial charge in [0.15, 0.2) is 0 Å². The summed E-state index contributed by atoms with van der Waals surface area (Å²) in [4.78, 5) is 12.2. The first kappa shape index (κ1) is 15.2. The Kier molecular flexibility index (Phi) is 5.05. The smallest absolute Gasteiger partial charge is 0.274 e. The van der Waals surface area contributed by atoms with Crippen molar-refractivity contribution in [2.45, 2.75) is 23.1 Å². The molecule has 0 atom stereocenters. The molecular weight excluding hydrogens is 290 g/mol. The van der Waals surface area contributed by atoms with E-state index in [1.54, 1.807) is 30.3 Å². The molecule has 0 bridgehead atoms. The largest absolute Gasteiger partial charge is 0.508 e. The molecular formula is C15H15NO4S. The molecule has 0 unspecified atom stereocenters. The fourth-order valence-electron chi connectivity index (χ4n) is 1.67. The van der Waals surface area contributed by atoms with Gasteiger partial charge >= 0.3 is 0 Å². The highest BCUT2D eigenvalue weighted by molar-refractivity contribution is 7.99. The average molecular weight is 305 g/mol. The molecule has 0 aliphatic carbocycles. The summed E-state index contributed by atoms with van der Waals surface area (Å²) in [5, 5.41) is 20.2. The molecule has 0 fully saturated rings. The number of phenolic OH excluding ortho intramolecular Hbond substituents is 1. The first-order valence-corrected chi connectivity index (χ1v) is 7.29. The van der Waals surface area contributed by atoms with Crippen molar-refractivity contribution in [3.8, 4) is 11.5 Å². The number of hydrogen-bond donors (Lipinski definition) is 1. The van der Waals surface area contributed by atoms with E-state index in [9.17, 15) is 15.2 Å². The minimum atomic E-state index is -0.431. The van der Waals surface area contributed by atoms with Crippen molar-refractivity contribution in [3.63, 3.8) is 0 Å². The second kappa shape index (κ2) is 6.99. The molecule has 2 rings (SSSR count). The summed E-state index contributed by atoms with van der Waals surface area (Å²) in [6.07, 6.45) is 0.836. The fourth-order valence-corrected chi connectivity index (χ4v) is 2.57. The zero-order chi connectivity index (χ0) is 15.2. The number of benzene rings is 2. The first-order chi connectivity index (χ1) is 10.1. The van der Waals surface area contributed by atoms with E-state index in [1.165, 1.54) is 23.9 Å². The van der Waals surface area contributed by atoms with E-state index in [1.807, 2.05) is 6.92 Å². The summed E-state index contributed by atoms with van der Waals surface area (Å²) in [6.45, 7) is 2.49. The normalized spacial score (nSPS) is 10.3. The lowest BCUT2D eigenvalue weighted by Crippen LogP contribution is -1.96. The third kappa shape index (κ3) is 4.39. The molecule has 1 N–H and O–H groups in total. The predicted molar refractivity (Wildman–Crippen MR) is 81.1 cm³/mol. The maximum absolute atomic E-state index is 11.0. The van der Waals surface area contributed by atoms with Crippen LogP contribution in [0.15, 0.2) is 52.3 Å². The van der Waals surface area contributed by atoms with Crippen molar-refractivity contribution < 1.29 is 14.8 Å². The van der Waals surface area contributed by atoms with Crippen molar-refractivity contribution in [2.75, 3.05) is 6.61 Å². The van der Waals surface area contributed by atoms with Crippen LogP contribution in [0.2, 0.25) is 0 Å². The van der Waals surface area contributed by atoms with Gasteiger partial charge in [0.05, 0.1) is 17.6 Å². The van der Waals surface area contributed by atoms with E-state index < -0.39 is 4.92 Å². The zero-order valence-corrected chi connectivity index (χ0v) is 12.3. The summed E-state index contributed by atoms with van der Waals surface area (Å²) < 4.78 is 5.49. The van der Waals surface area contributed by atoms with Crippen LogP contribution in [0.5, 0.6) is 11.5 Å². The van der Waals surface area contributed by atoms with E-state index in [0.29, 0.717) is 12.4 Å². The number of rotatable bonds is 6. The predicted octanol–water partition coefficient (Wildman–Crippen LogP) is 4.24. The molecule has 6 heteroatoms. The van der Waals surface area contributed by atoms with Gasteiger partial charge in [-0.25, -0.2) is 0 Å². The van der Waals surface area contributed by atoms with Crippen molar-refractivity contribution in [3.05, 3.63) is 52.6 Å². The molecule has 2 aromatic rings. The standard InChI is InChI=1S/C15H15NO4S/c1-2-7-20-13-8-11(16(18)19)9-15(10-13)21-14-5-3-12(17)4-6-14/h3-6,8-10,17H,2,7H2,1H3. The summed E-state index contributed by atoms with van der Waals surface area (Å²) in [6, 6.07) is 11.4. The monoisotopic (exact) mass is 305 g/mol. The van der Waals surface area contributed by atoms with Crippen LogP contribution >= 0.6 is 11.8 Å². The average Bonchev–Trinajstić information content (AvgIpc) is 2.47. The quantitative estimate of drug-likeness (QED) is 0.638. The van der Waals surface area contributed by atoms with Gasteiger partial charge < -0.3 is 9.84 Å². The Morgan fingerprint density at radius 1 is 1.19 bits per heavy atom. The Hall–Kier alpha value is -2.21. The maximum Gasteiger partial charge on any atom is 0.274 e. The van der Waals surface area contributed by atoms with Crippen molar-refractivity contribution >= 4 is 17.4 Å². The number of hydrogen-bond acceptors (Lipinski definition) is 5. The van der Waals surface area contributed by atoms with Crippen LogP contribution < -0.4 is 4.74 Å². The number of nitro benzene ring substituents is 1. The molecule has 0 aliphatic heterocycles. The summed E-state index contributed by atoms with van der Waals surface area (Å²) in [5.41, 5.74) is 0.00452. The molecule has 0 saturated carbocycles. The van der Waals surface area contributed by atoms with Gasteiger partial charge in [-0.1, -0.05) is 18.7 Å². The van der Waals surface area contributed by atoms with Crippen LogP contribution in [0, 0.1) is 10.1 Å². The number of ether oxygens (including phenoxy) is 1. The van der Waals surface area contributed by atoms with E-state index >= 15 is 0 Å². The van der Waals surface area contributed by atoms with Crippen LogP contribution in [0.25, 0.3) is 0 Å². The zero-order valence-electron chi connectivity index (χ0n) is 11.5. The van der Waals surface area contributed by atoms with Gasteiger partial charge in [-0.05, 0) is 36.8 Å². The third-order valence-corrected chi connectivity index (χ3v) is 3.60. The van der Waals surface area contributed by atoms with Crippen LogP contribution in [0.4, 0.5) is 5.69 Å². The van der Waals surface area contributed by atoms with Gasteiger partial charge in [-0.2, -0.15) is 0 Å². The van der Waals surface area contributed by atoms with Crippen LogP contribution in [0.1, 0.15) is 13.3 Å². The van der Waals surface area contributed by atoms with Crippen LogP contribution in [-0.4, -0.2) is 16.6 Å². The first-order valence-electron chi connectivity index (χ1n) is 6.47. The lowest BCUT2D eigenvalue weighted by molar-refractivity contribution is -0.385. The number of phenols is 1.